The fraction of sp³-hybridized carbons (Fsp3) is 0.500. The van der Waals surface area contributed by atoms with E-state index in [9.17, 15) is 14.4 Å². The van der Waals surface area contributed by atoms with Crippen LogP contribution < -0.4 is 15.0 Å². The molecule has 0 radical (unpaired) electrons. The second kappa shape index (κ2) is 10.6. The normalized spacial score (nSPS) is 19.7. The number of rotatable bonds is 5. The zero-order valence-corrected chi connectivity index (χ0v) is 21.9. The molecule has 1 N–H and O–H groups in total. The van der Waals surface area contributed by atoms with Crippen molar-refractivity contribution in [1.82, 2.24) is 4.90 Å². The third-order valence-electron chi connectivity index (χ3n) is 7.88. The van der Waals surface area contributed by atoms with Gasteiger partial charge in [0.05, 0.1) is 5.69 Å². The number of ether oxygens (including phenoxy) is 1. The number of anilines is 2. The van der Waals surface area contributed by atoms with Crippen molar-refractivity contribution < 1.29 is 19.1 Å². The number of likely N-dealkylation sites (tertiary alicyclic amines) is 1. The lowest BCUT2D eigenvalue weighted by atomic mass is 9.84. The monoisotopic (exact) mass is 503 g/mol. The SMILES string of the molecule is CC1(C)Oc2ccc(C(=O)Nc3ccc(C4CCCCC4)cc3)cc2N(CC(=O)N2CCCCC2)C1=O. The number of carbonyl (C=O) groups excluding carboxylic acids is 3. The number of fused-ring (bicyclic) bond motifs is 1. The van der Waals surface area contributed by atoms with Crippen molar-refractivity contribution in [3.05, 3.63) is 53.6 Å². The van der Waals surface area contributed by atoms with Gasteiger partial charge >= 0.3 is 0 Å². The quantitative estimate of drug-likeness (QED) is 0.584. The summed E-state index contributed by atoms with van der Waals surface area (Å²) in [6.07, 6.45) is 9.44. The molecular formula is C30H37N3O4. The Morgan fingerprint density at radius 2 is 1.62 bits per heavy atom. The van der Waals surface area contributed by atoms with E-state index in [-0.39, 0.29) is 24.3 Å². The topological polar surface area (TPSA) is 79.0 Å². The van der Waals surface area contributed by atoms with Gasteiger partial charge in [0.15, 0.2) is 5.60 Å². The molecule has 0 atom stereocenters. The van der Waals surface area contributed by atoms with Crippen LogP contribution in [-0.4, -0.2) is 47.9 Å². The van der Waals surface area contributed by atoms with Crippen LogP contribution in [0.3, 0.4) is 0 Å². The third kappa shape index (κ3) is 5.50. The van der Waals surface area contributed by atoms with Gasteiger partial charge < -0.3 is 15.0 Å². The molecule has 7 heteroatoms. The van der Waals surface area contributed by atoms with Gasteiger partial charge in [0.1, 0.15) is 12.3 Å². The highest BCUT2D eigenvalue weighted by molar-refractivity contribution is 6.09. The molecule has 2 aromatic rings. The highest BCUT2D eigenvalue weighted by atomic mass is 16.5. The first kappa shape index (κ1) is 25.3. The fourth-order valence-corrected chi connectivity index (χ4v) is 5.72. The van der Waals surface area contributed by atoms with Crippen LogP contribution in [0.5, 0.6) is 5.75 Å². The summed E-state index contributed by atoms with van der Waals surface area (Å²) in [6, 6.07) is 13.2. The molecular weight excluding hydrogens is 466 g/mol. The van der Waals surface area contributed by atoms with Gasteiger partial charge in [-0.05, 0) is 87.8 Å². The van der Waals surface area contributed by atoms with Crippen LogP contribution in [0.4, 0.5) is 11.4 Å². The average Bonchev–Trinajstić information content (AvgIpc) is 2.92. The maximum absolute atomic E-state index is 13.3. The van der Waals surface area contributed by atoms with E-state index in [0.717, 1.165) is 38.0 Å². The van der Waals surface area contributed by atoms with Gasteiger partial charge in [-0.3, -0.25) is 19.3 Å². The largest absolute Gasteiger partial charge is 0.476 e. The van der Waals surface area contributed by atoms with E-state index < -0.39 is 5.60 Å². The predicted octanol–water partition coefficient (Wildman–Crippen LogP) is 5.50. The Balaban J connectivity index is 1.33. The van der Waals surface area contributed by atoms with Crippen LogP contribution in [0.25, 0.3) is 0 Å². The second-order valence-electron chi connectivity index (χ2n) is 11.0. The number of nitrogens with zero attached hydrogens (tertiary/aromatic N) is 2. The molecule has 0 unspecified atom stereocenters. The van der Waals surface area contributed by atoms with E-state index in [1.165, 1.54) is 42.6 Å². The number of hydrogen-bond donors (Lipinski definition) is 1. The van der Waals surface area contributed by atoms with E-state index in [1.54, 1.807) is 32.0 Å². The van der Waals surface area contributed by atoms with Crippen molar-refractivity contribution in [2.24, 2.45) is 0 Å². The highest BCUT2D eigenvalue weighted by Crippen LogP contribution is 2.39. The van der Waals surface area contributed by atoms with Gasteiger partial charge in [0, 0.05) is 24.3 Å². The van der Waals surface area contributed by atoms with E-state index in [4.69, 9.17) is 4.74 Å². The van der Waals surface area contributed by atoms with Crippen molar-refractivity contribution in [1.29, 1.82) is 0 Å². The lowest BCUT2D eigenvalue weighted by Crippen LogP contribution is -2.55. The number of amides is 3. The molecule has 0 spiro atoms. The van der Waals surface area contributed by atoms with Gasteiger partial charge in [-0.25, -0.2) is 0 Å². The minimum absolute atomic E-state index is 0.0632. The van der Waals surface area contributed by atoms with Gasteiger partial charge in [-0.15, -0.1) is 0 Å². The van der Waals surface area contributed by atoms with Gasteiger partial charge in [0.2, 0.25) is 5.91 Å². The Hall–Kier alpha value is -3.35. The molecule has 5 rings (SSSR count). The Bertz CT molecular complexity index is 1160. The molecule has 1 aliphatic carbocycles. The van der Waals surface area contributed by atoms with Crippen LogP contribution in [0, 0.1) is 0 Å². The molecule has 2 heterocycles. The van der Waals surface area contributed by atoms with E-state index in [0.29, 0.717) is 22.9 Å². The number of nitrogens with one attached hydrogen (secondary N) is 1. The maximum atomic E-state index is 13.3. The standard InChI is InChI=1S/C30H37N3O4/c1-30(2)29(36)33(20-27(34)32-17-7-4-8-18-32)25-19-23(13-16-26(25)37-30)28(35)31-24-14-11-22(12-15-24)21-9-5-3-6-10-21/h11-16,19,21H,3-10,17-18,20H2,1-2H3,(H,31,35). The first-order valence-corrected chi connectivity index (χ1v) is 13.7. The molecule has 2 aliphatic heterocycles. The number of piperidine rings is 1. The van der Waals surface area contributed by atoms with Crippen molar-refractivity contribution in [2.45, 2.75) is 76.7 Å². The first-order chi connectivity index (χ1) is 17.8. The molecule has 2 fully saturated rings. The Morgan fingerprint density at radius 1 is 0.946 bits per heavy atom. The predicted molar refractivity (Wildman–Crippen MR) is 144 cm³/mol. The summed E-state index contributed by atoms with van der Waals surface area (Å²) in [4.78, 5) is 42.8. The lowest BCUT2D eigenvalue weighted by Gasteiger charge is -2.39. The smallest absolute Gasteiger partial charge is 0.271 e. The average molecular weight is 504 g/mol. The molecule has 0 bridgehead atoms. The van der Waals surface area contributed by atoms with E-state index in [1.807, 2.05) is 17.0 Å². The van der Waals surface area contributed by atoms with Gasteiger partial charge in [-0.2, -0.15) is 0 Å². The van der Waals surface area contributed by atoms with Crippen LogP contribution in [-0.2, 0) is 9.59 Å². The van der Waals surface area contributed by atoms with Crippen LogP contribution in [0.2, 0.25) is 0 Å². The summed E-state index contributed by atoms with van der Waals surface area (Å²) < 4.78 is 5.96. The van der Waals surface area contributed by atoms with Crippen LogP contribution in [0.1, 0.15) is 87.1 Å². The minimum Gasteiger partial charge on any atom is -0.476 e. The van der Waals surface area contributed by atoms with Gasteiger partial charge in [0.25, 0.3) is 11.8 Å². The zero-order valence-electron chi connectivity index (χ0n) is 21.9. The maximum Gasteiger partial charge on any atom is 0.271 e. The summed E-state index contributed by atoms with van der Waals surface area (Å²) in [6.45, 7) is 4.78. The van der Waals surface area contributed by atoms with Crippen LogP contribution >= 0.6 is 0 Å². The summed E-state index contributed by atoms with van der Waals surface area (Å²) >= 11 is 0. The van der Waals surface area contributed by atoms with Crippen molar-refractivity contribution in [2.75, 3.05) is 29.9 Å². The Morgan fingerprint density at radius 3 is 2.32 bits per heavy atom. The summed E-state index contributed by atoms with van der Waals surface area (Å²) in [7, 11) is 0. The molecule has 1 saturated heterocycles. The Kier molecular flexibility index (Phi) is 7.22. The number of benzene rings is 2. The van der Waals surface area contributed by atoms with Crippen molar-refractivity contribution in [3.8, 4) is 5.75 Å². The first-order valence-electron chi connectivity index (χ1n) is 13.7. The van der Waals surface area contributed by atoms with Gasteiger partial charge in [-0.1, -0.05) is 31.4 Å². The van der Waals surface area contributed by atoms with E-state index >= 15 is 0 Å². The van der Waals surface area contributed by atoms with Crippen molar-refractivity contribution in [3.63, 3.8) is 0 Å². The molecule has 1 saturated carbocycles. The third-order valence-corrected chi connectivity index (χ3v) is 7.88. The zero-order chi connectivity index (χ0) is 26.0. The molecule has 3 aliphatic rings. The molecule has 196 valence electrons. The Labute approximate surface area is 219 Å². The lowest BCUT2D eigenvalue weighted by molar-refractivity contribution is -0.137. The fourth-order valence-electron chi connectivity index (χ4n) is 5.72. The summed E-state index contributed by atoms with van der Waals surface area (Å²) in [5.41, 5.74) is 1.82. The van der Waals surface area contributed by atoms with Crippen LogP contribution in [0.15, 0.2) is 42.5 Å². The second-order valence-corrected chi connectivity index (χ2v) is 11.0. The summed E-state index contributed by atoms with van der Waals surface area (Å²) in [5.74, 6) is 0.461. The van der Waals surface area contributed by atoms with E-state index in [2.05, 4.69) is 17.4 Å². The number of hydrogen-bond acceptors (Lipinski definition) is 4. The number of carbonyl (C=O) groups is 3. The molecule has 7 nitrogen and oxygen atoms in total. The molecule has 3 amide bonds. The van der Waals surface area contributed by atoms with Crippen molar-refractivity contribution >= 4 is 29.1 Å². The molecule has 37 heavy (non-hydrogen) atoms. The summed E-state index contributed by atoms with van der Waals surface area (Å²) in [5, 5.41) is 2.97. The molecule has 0 aromatic heterocycles. The minimum atomic E-state index is -1.10. The highest BCUT2D eigenvalue weighted by Gasteiger charge is 2.42. The molecule has 2 aromatic carbocycles.